The molecule has 0 aromatic heterocycles. The Labute approximate surface area is 133 Å². The van der Waals surface area contributed by atoms with Gasteiger partial charge in [0, 0.05) is 0 Å². The molecule has 120 valence electrons. The maximum Gasteiger partial charge on any atom is 0.371 e. The van der Waals surface area contributed by atoms with Crippen LogP contribution in [0.4, 0.5) is 4.39 Å². The lowest BCUT2D eigenvalue weighted by Crippen LogP contribution is -2.04. The van der Waals surface area contributed by atoms with E-state index in [9.17, 15) is 9.18 Å². The van der Waals surface area contributed by atoms with Gasteiger partial charge in [-0.3, -0.25) is 0 Å². The van der Waals surface area contributed by atoms with Gasteiger partial charge in [-0.2, -0.15) is 0 Å². The van der Waals surface area contributed by atoms with E-state index < -0.39 is 11.8 Å². The molecular weight excluding hydrogens is 299 g/mol. The van der Waals surface area contributed by atoms with Crippen molar-refractivity contribution < 1.29 is 23.8 Å². The largest absolute Gasteiger partial charge is 0.487 e. The summed E-state index contributed by atoms with van der Waals surface area (Å²) < 4.78 is 24.5. The summed E-state index contributed by atoms with van der Waals surface area (Å²) in [7, 11) is 0. The molecule has 0 heterocycles. The first-order chi connectivity index (χ1) is 11.1. The first-order valence-corrected chi connectivity index (χ1v) is 7.14. The molecule has 4 nitrogen and oxygen atoms in total. The normalized spacial score (nSPS) is 11.1. The van der Waals surface area contributed by atoms with E-state index in [1.54, 1.807) is 13.0 Å². The highest BCUT2D eigenvalue weighted by Gasteiger charge is 2.10. The van der Waals surface area contributed by atoms with Crippen LogP contribution in [0.2, 0.25) is 0 Å². The van der Waals surface area contributed by atoms with Crippen LogP contribution in [0.5, 0.6) is 5.75 Å². The molecule has 1 N–H and O–H groups in total. The van der Waals surface area contributed by atoms with E-state index in [0.717, 1.165) is 5.56 Å². The standard InChI is InChI=1S/C18H17FO4/c1-2-22-17(18(20)21)11-14-8-9-16(15(19)10-14)23-12-13-6-4-3-5-7-13/h3-11H,2,12H2,1H3,(H,20,21)/b17-11-. The minimum Gasteiger partial charge on any atom is -0.487 e. The minimum atomic E-state index is -1.20. The molecule has 5 heteroatoms. The third kappa shape index (κ3) is 4.85. The number of ether oxygens (including phenoxy) is 2. The zero-order valence-electron chi connectivity index (χ0n) is 12.7. The van der Waals surface area contributed by atoms with Crippen molar-refractivity contribution in [2.24, 2.45) is 0 Å². The molecule has 2 aromatic rings. The second-order valence-electron chi connectivity index (χ2n) is 4.71. The number of aliphatic carboxylic acids is 1. The molecule has 0 saturated heterocycles. The van der Waals surface area contributed by atoms with Gasteiger partial charge in [0.2, 0.25) is 5.76 Å². The zero-order valence-corrected chi connectivity index (χ0v) is 12.7. The van der Waals surface area contributed by atoms with Gasteiger partial charge in [0.05, 0.1) is 6.61 Å². The van der Waals surface area contributed by atoms with Crippen LogP contribution in [0.1, 0.15) is 18.1 Å². The second-order valence-corrected chi connectivity index (χ2v) is 4.71. The predicted molar refractivity (Wildman–Crippen MR) is 84.4 cm³/mol. The fourth-order valence-corrected chi connectivity index (χ4v) is 1.93. The van der Waals surface area contributed by atoms with E-state index in [-0.39, 0.29) is 24.7 Å². The van der Waals surface area contributed by atoms with Gasteiger partial charge in [-0.1, -0.05) is 36.4 Å². The summed E-state index contributed by atoms with van der Waals surface area (Å²) in [6.07, 6.45) is 1.27. The van der Waals surface area contributed by atoms with Gasteiger partial charge in [0.15, 0.2) is 11.6 Å². The van der Waals surface area contributed by atoms with Crippen molar-refractivity contribution in [1.82, 2.24) is 0 Å². The van der Waals surface area contributed by atoms with Crippen LogP contribution in [-0.2, 0) is 16.1 Å². The molecule has 0 saturated carbocycles. The average molecular weight is 316 g/mol. The molecule has 0 unspecified atom stereocenters. The molecule has 0 radical (unpaired) electrons. The average Bonchev–Trinajstić information content (AvgIpc) is 2.54. The Bertz CT molecular complexity index is 695. The van der Waals surface area contributed by atoms with Gasteiger partial charge in [-0.05, 0) is 36.3 Å². The molecule has 0 aliphatic heterocycles. The number of carboxylic acids is 1. The lowest BCUT2D eigenvalue weighted by atomic mass is 10.2. The number of benzene rings is 2. The van der Waals surface area contributed by atoms with Crippen LogP contribution < -0.4 is 4.74 Å². The summed E-state index contributed by atoms with van der Waals surface area (Å²) >= 11 is 0. The molecule has 23 heavy (non-hydrogen) atoms. The molecule has 2 rings (SSSR count). The van der Waals surface area contributed by atoms with Gasteiger partial charge >= 0.3 is 5.97 Å². The maximum absolute atomic E-state index is 14.0. The molecular formula is C18H17FO4. The molecule has 0 fully saturated rings. The Kier molecular flexibility index (Phi) is 5.74. The van der Waals surface area contributed by atoms with Gasteiger partial charge in [0.25, 0.3) is 0 Å². The number of rotatable bonds is 7. The highest BCUT2D eigenvalue weighted by Crippen LogP contribution is 2.21. The Morgan fingerprint density at radius 2 is 1.96 bits per heavy atom. The van der Waals surface area contributed by atoms with E-state index in [1.807, 2.05) is 30.3 Å². The monoisotopic (exact) mass is 316 g/mol. The van der Waals surface area contributed by atoms with E-state index in [0.29, 0.717) is 5.56 Å². The van der Waals surface area contributed by atoms with Crippen molar-refractivity contribution in [2.75, 3.05) is 6.61 Å². The molecule has 0 aliphatic carbocycles. The highest BCUT2D eigenvalue weighted by molar-refractivity contribution is 5.89. The van der Waals surface area contributed by atoms with E-state index in [1.165, 1.54) is 18.2 Å². The Balaban J connectivity index is 2.11. The Morgan fingerprint density at radius 1 is 1.22 bits per heavy atom. The highest BCUT2D eigenvalue weighted by atomic mass is 19.1. The van der Waals surface area contributed by atoms with Gasteiger partial charge in [0.1, 0.15) is 6.61 Å². The number of carbonyl (C=O) groups is 1. The molecule has 0 aliphatic rings. The van der Waals surface area contributed by atoms with Crippen molar-refractivity contribution in [2.45, 2.75) is 13.5 Å². The van der Waals surface area contributed by atoms with Crippen LogP contribution in [0.3, 0.4) is 0 Å². The van der Waals surface area contributed by atoms with E-state index in [4.69, 9.17) is 14.6 Å². The molecule has 2 aromatic carbocycles. The lowest BCUT2D eigenvalue weighted by Gasteiger charge is -2.08. The lowest BCUT2D eigenvalue weighted by molar-refractivity contribution is -0.136. The van der Waals surface area contributed by atoms with Crippen LogP contribution in [0.15, 0.2) is 54.3 Å². The minimum absolute atomic E-state index is 0.110. The zero-order chi connectivity index (χ0) is 16.7. The number of carboxylic acid groups (broad SMARTS) is 1. The van der Waals surface area contributed by atoms with Gasteiger partial charge in [-0.25, -0.2) is 9.18 Å². The summed E-state index contributed by atoms with van der Waals surface area (Å²) in [5.41, 5.74) is 1.32. The molecule has 0 atom stereocenters. The van der Waals surface area contributed by atoms with E-state index >= 15 is 0 Å². The fraction of sp³-hybridized carbons (Fsp3) is 0.167. The fourth-order valence-electron chi connectivity index (χ4n) is 1.93. The van der Waals surface area contributed by atoms with E-state index in [2.05, 4.69) is 0 Å². The molecule has 0 spiro atoms. The predicted octanol–water partition coefficient (Wildman–Crippen LogP) is 3.87. The van der Waals surface area contributed by atoms with Crippen molar-refractivity contribution in [3.8, 4) is 5.75 Å². The van der Waals surface area contributed by atoms with Crippen molar-refractivity contribution in [3.63, 3.8) is 0 Å². The van der Waals surface area contributed by atoms with Crippen LogP contribution in [-0.4, -0.2) is 17.7 Å². The van der Waals surface area contributed by atoms with Crippen LogP contribution >= 0.6 is 0 Å². The first-order valence-electron chi connectivity index (χ1n) is 7.14. The molecule has 0 amide bonds. The summed E-state index contributed by atoms with van der Waals surface area (Å²) in [4.78, 5) is 11.0. The van der Waals surface area contributed by atoms with Crippen molar-refractivity contribution in [3.05, 3.63) is 71.2 Å². The summed E-state index contributed by atoms with van der Waals surface area (Å²) in [5.74, 6) is -1.88. The van der Waals surface area contributed by atoms with Crippen molar-refractivity contribution in [1.29, 1.82) is 0 Å². The number of hydrogen-bond acceptors (Lipinski definition) is 3. The third-order valence-electron chi connectivity index (χ3n) is 3.00. The number of hydrogen-bond donors (Lipinski definition) is 1. The quantitative estimate of drug-likeness (QED) is 0.622. The molecule has 0 bridgehead atoms. The summed E-state index contributed by atoms with van der Waals surface area (Å²) in [6.45, 7) is 2.16. The summed E-state index contributed by atoms with van der Waals surface area (Å²) in [6, 6.07) is 13.7. The Hall–Kier alpha value is -2.82. The van der Waals surface area contributed by atoms with Gasteiger partial charge < -0.3 is 14.6 Å². The smallest absolute Gasteiger partial charge is 0.371 e. The van der Waals surface area contributed by atoms with Crippen molar-refractivity contribution >= 4 is 12.0 Å². The second kappa shape index (κ2) is 7.98. The van der Waals surface area contributed by atoms with Gasteiger partial charge in [-0.15, -0.1) is 0 Å². The summed E-state index contributed by atoms with van der Waals surface area (Å²) in [5, 5.41) is 8.99. The van der Waals surface area contributed by atoms with Crippen LogP contribution in [0.25, 0.3) is 6.08 Å². The topological polar surface area (TPSA) is 55.8 Å². The maximum atomic E-state index is 14.0. The number of halogens is 1. The Morgan fingerprint density at radius 3 is 2.57 bits per heavy atom. The third-order valence-corrected chi connectivity index (χ3v) is 3.00. The SMILES string of the molecule is CCO/C(=C\c1ccc(OCc2ccccc2)c(F)c1)C(=O)O. The van der Waals surface area contributed by atoms with Crippen LogP contribution in [0, 0.1) is 5.82 Å². The first kappa shape index (κ1) is 16.5.